The molecule has 0 aromatic heterocycles. The zero-order valence-electron chi connectivity index (χ0n) is 11.2. The molecule has 0 spiro atoms. The van der Waals surface area contributed by atoms with Crippen LogP contribution in [-0.2, 0) is 6.54 Å². The summed E-state index contributed by atoms with van der Waals surface area (Å²) < 4.78 is 23.8. The lowest BCUT2D eigenvalue weighted by molar-refractivity contribution is 0.414. The highest BCUT2D eigenvalue weighted by Crippen LogP contribution is 2.26. The normalized spacial score (nSPS) is 10.2. The fraction of sp³-hybridized carbons (Fsp3) is 0.200. The number of ether oxygens (including phenoxy) is 2. The second-order valence-electron chi connectivity index (χ2n) is 4.17. The third kappa shape index (κ3) is 3.33. The van der Waals surface area contributed by atoms with E-state index in [-0.39, 0.29) is 5.82 Å². The van der Waals surface area contributed by atoms with Gasteiger partial charge in [0.25, 0.3) is 0 Å². The van der Waals surface area contributed by atoms with Crippen molar-refractivity contribution in [3.63, 3.8) is 0 Å². The van der Waals surface area contributed by atoms with Crippen LogP contribution in [0.2, 0.25) is 5.02 Å². The van der Waals surface area contributed by atoms with Crippen molar-refractivity contribution in [1.82, 2.24) is 0 Å². The maximum Gasteiger partial charge on any atom is 0.146 e. The Balaban J connectivity index is 2.10. The molecule has 0 aliphatic heterocycles. The largest absolute Gasteiger partial charge is 0.497 e. The maximum absolute atomic E-state index is 13.6. The molecule has 0 saturated heterocycles. The van der Waals surface area contributed by atoms with E-state index in [9.17, 15) is 4.39 Å². The van der Waals surface area contributed by atoms with Gasteiger partial charge >= 0.3 is 0 Å². The van der Waals surface area contributed by atoms with Crippen molar-refractivity contribution in [2.24, 2.45) is 0 Å². The SMILES string of the molecule is COc1ccc(F)c(NCc2ccc(OC)c(Cl)c2)c1. The Morgan fingerprint density at radius 1 is 1.10 bits per heavy atom. The fourth-order valence-electron chi connectivity index (χ4n) is 1.78. The maximum atomic E-state index is 13.6. The molecule has 0 saturated carbocycles. The number of hydrogen-bond acceptors (Lipinski definition) is 3. The lowest BCUT2D eigenvalue weighted by Gasteiger charge is -2.10. The lowest BCUT2D eigenvalue weighted by atomic mass is 10.2. The van der Waals surface area contributed by atoms with Crippen molar-refractivity contribution < 1.29 is 13.9 Å². The summed E-state index contributed by atoms with van der Waals surface area (Å²) in [4.78, 5) is 0. The minimum atomic E-state index is -0.328. The molecule has 5 heteroatoms. The minimum Gasteiger partial charge on any atom is -0.497 e. The summed E-state index contributed by atoms with van der Waals surface area (Å²) >= 11 is 6.04. The van der Waals surface area contributed by atoms with Gasteiger partial charge in [-0.15, -0.1) is 0 Å². The number of nitrogens with one attached hydrogen (secondary N) is 1. The van der Waals surface area contributed by atoms with E-state index in [0.29, 0.717) is 28.8 Å². The second-order valence-corrected chi connectivity index (χ2v) is 4.58. The predicted molar refractivity (Wildman–Crippen MR) is 78.3 cm³/mol. The molecule has 2 aromatic carbocycles. The smallest absolute Gasteiger partial charge is 0.146 e. The third-order valence-corrected chi connectivity index (χ3v) is 3.17. The molecule has 0 unspecified atom stereocenters. The van der Waals surface area contributed by atoms with E-state index >= 15 is 0 Å². The summed E-state index contributed by atoms with van der Waals surface area (Å²) in [6.07, 6.45) is 0. The van der Waals surface area contributed by atoms with Crippen LogP contribution in [0.25, 0.3) is 0 Å². The van der Waals surface area contributed by atoms with Gasteiger partial charge in [0.1, 0.15) is 17.3 Å². The first-order valence-electron chi connectivity index (χ1n) is 6.04. The van der Waals surface area contributed by atoms with Gasteiger partial charge in [-0.2, -0.15) is 0 Å². The summed E-state index contributed by atoms with van der Waals surface area (Å²) in [5.41, 5.74) is 1.31. The first-order chi connectivity index (χ1) is 9.63. The Morgan fingerprint density at radius 2 is 1.90 bits per heavy atom. The van der Waals surface area contributed by atoms with Crippen LogP contribution in [0.3, 0.4) is 0 Å². The van der Waals surface area contributed by atoms with E-state index in [4.69, 9.17) is 21.1 Å². The third-order valence-electron chi connectivity index (χ3n) is 2.87. The number of anilines is 1. The van der Waals surface area contributed by atoms with Crippen LogP contribution < -0.4 is 14.8 Å². The Morgan fingerprint density at radius 3 is 2.55 bits per heavy atom. The first kappa shape index (κ1) is 14.5. The summed E-state index contributed by atoms with van der Waals surface area (Å²) in [7, 11) is 3.10. The van der Waals surface area contributed by atoms with E-state index < -0.39 is 0 Å². The highest BCUT2D eigenvalue weighted by Gasteiger charge is 2.05. The van der Waals surface area contributed by atoms with Crippen LogP contribution in [0.1, 0.15) is 5.56 Å². The van der Waals surface area contributed by atoms with Gasteiger partial charge in [0, 0.05) is 12.6 Å². The van der Waals surface area contributed by atoms with Gasteiger partial charge < -0.3 is 14.8 Å². The minimum absolute atomic E-state index is 0.328. The molecule has 3 nitrogen and oxygen atoms in total. The molecule has 0 radical (unpaired) electrons. The van der Waals surface area contributed by atoms with Gasteiger partial charge in [-0.1, -0.05) is 17.7 Å². The number of benzene rings is 2. The molecule has 0 aliphatic rings. The predicted octanol–water partition coefficient (Wildman–Crippen LogP) is 4.11. The van der Waals surface area contributed by atoms with E-state index in [2.05, 4.69) is 5.32 Å². The van der Waals surface area contributed by atoms with Crippen LogP contribution in [0.5, 0.6) is 11.5 Å². The molecular weight excluding hydrogens is 281 g/mol. The van der Waals surface area contributed by atoms with Gasteiger partial charge in [-0.25, -0.2) is 4.39 Å². The molecule has 20 heavy (non-hydrogen) atoms. The number of rotatable bonds is 5. The van der Waals surface area contributed by atoms with E-state index in [0.717, 1.165) is 5.56 Å². The molecule has 0 bridgehead atoms. The molecular formula is C15H15ClFNO2. The van der Waals surface area contributed by atoms with Gasteiger partial charge in [-0.3, -0.25) is 0 Å². The molecule has 2 aromatic rings. The van der Waals surface area contributed by atoms with Crippen LogP contribution in [0.4, 0.5) is 10.1 Å². The monoisotopic (exact) mass is 295 g/mol. The van der Waals surface area contributed by atoms with Gasteiger partial charge in [0.2, 0.25) is 0 Å². The lowest BCUT2D eigenvalue weighted by Crippen LogP contribution is -2.02. The van der Waals surface area contributed by atoms with Crippen molar-refractivity contribution in [3.8, 4) is 11.5 Å². The van der Waals surface area contributed by atoms with Gasteiger partial charge in [-0.05, 0) is 29.8 Å². The number of hydrogen-bond donors (Lipinski definition) is 1. The average molecular weight is 296 g/mol. The summed E-state index contributed by atoms with van der Waals surface area (Å²) in [6, 6.07) is 9.98. The first-order valence-corrected chi connectivity index (χ1v) is 6.41. The summed E-state index contributed by atoms with van der Waals surface area (Å²) in [5, 5.41) is 3.54. The van der Waals surface area contributed by atoms with Gasteiger partial charge in [0.05, 0.1) is 24.9 Å². The standard InChI is InChI=1S/C15H15ClFNO2/c1-19-11-4-5-13(17)14(8-11)18-9-10-3-6-15(20-2)12(16)7-10/h3-8,18H,9H2,1-2H3. The molecule has 0 fully saturated rings. The molecule has 1 N–H and O–H groups in total. The van der Waals surface area contributed by atoms with Crippen LogP contribution in [0.15, 0.2) is 36.4 Å². The summed E-state index contributed by atoms with van der Waals surface area (Å²) in [5.74, 6) is 0.884. The highest BCUT2D eigenvalue weighted by molar-refractivity contribution is 6.32. The molecule has 106 valence electrons. The van der Waals surface area contributed by atoms with Crippen LogP contribution in [0, 0.1) is 5.82 Å². The van der Waals surface area contributed by atoms with Crippen LogP contribution in [-0.4, -0.2) is 14.2 Å². The van der Waals surface area contributed by atoms with Crippen molar-refractivity contribution in [2.45, 2.75) is 6.54 Å². The zero-order valence-corrected chi connectivity index (χ0v) is 12.0. The Kier molecular flexibility index (Phi) is 4.69. The Hall–Kier alpha value is -1.94. The second kappa shape index (κ2) is 6.48. The molecule has 0 aliphatic carbocycles. The highest BCUT2D eigenvalue weighted by atomic mass is 35.5. The van der Waals surface area contributed by atoms with Crippen molar-refractivity contribution in [3.05, 3.63) is 52.8 Å². The van der Waals surface area contributed by atoms with Crippen molar-refractivity contribution >= 4 is 17.3 Å². The van der Waals surface area contributed by atoms with E-state index in [1.807, 2.05) is 6.07 Å². The number of methoxy groups -OCH3 is 2. The van der Waals surface area contributed by atoms with E-state index in [1.54, 1.807) is 38.5 Å². The van der Waals surface area contributed by atoms with Crippen LogP contribution >= 0.6 is 11.6 Å². The quantitative estimate of drug-likeness (QED) is 0.900. The zero-order chi connectivity index (χ0) is 14.5. The van der Waals surface area contributed by atoms with Crippen molar-refractivity contribution in [1.29, 1.82) is 0 Å². The average Bonchev–Trinajstić information content (AvgIpc) is 2.46. The molecule has 0 amide bonds. The van der Waals surface area contributed by atoms with E-state index in [1.165, 1.54) is 6.07 Å². The number of halogens is 2. The van der Waals surface area contributed by atoms with Gasteiger partial charge in [0.15, 0.2) is 0 Å². The van der Waals surface area contributed by atoms with Crippen molar-refractivity contribution in [2.75, 3.05) is 19.5 Å². The Bertz CT molecular complexity index is 604. The molecule has 2 rings (SSSR count). The Labute approximate surface area is 122 Å². The molecule has 0 atom stereocenters. The fourth-order valence-corrected chi connectivity index (χ4v) is 2.06. The molecule has 0 heterocycles. The topological polar surface area (TPSA) is 30.5 Å². The summed E-state index contributed by atoms with van der Waals surface area (Å²) in [6.45, 7) is 0.452.